The minimum absolute atomic E-state index is 0.0573. The number of carbonyl (C=O) groups is 1. The molecule has 0 aromatic carbocycles. The topological polar surface area (TPSA) is 62.2 Å². The van der Waals surface area contributed by atoms with Crippen LogP contribution in [0.15, 0.2) is 18.3 Å². The number of nitrogens with zero attached hydrogens (tertiary/aromatic N) is 1. The van der Waals surface area contributed by atoms with E-state index in [9.17, 15) is 9.90 Å². The number of hydrogen-bond donors (Lipinski definition) is 2. The van der Waals surface area contributed by atoms with Crippen LogP contribution in [-0.2, 0) is 11.2 Å². The Hall–Kier alpha value is -1.42. The minimum Gasteiger partial charge on any atom is -0.391 e. The number of aryl methyl sites for hydroxylation is 1. The van der Waals surface area contributed by atoms with Crippen LogP contribution in [-0.4, -0.2) is 28.6 Å². The number of hydrogen-bond acceptors (Lipinski definition) is 3. The highest BCUT2D eigenvalue weighted by Crippen LogP contribution is 2.20. The summed E-state index contributed by atoms with van der Waals surface area (Å²) in [6.07, 6.45) is 2.10. The molecule has 1 heterocycles. The lowest BCUT2D eigenvalue weighted by Crippen LogP contribution is -2.35. The molecule has 0 bridgehead atoms. The van der Waals surface area contributed by atoms with Gasteiger partial charge in [0.2, 0.25) is 5.91 Å². The first-order valence-electron chi connectivity index (χ1n) is 6.63. The third-order valence-corrected chi connectivity index (χ3v) is 2.83. The molecule has 19 heavy (non-hydrogen) atoms. The Balaban J connectivity index is 2.38. The predicted octanol–water partition coefficient (Wildman–Crippen LogP) is 1.85. The number of amides is 1. The number of nitrogens with one attached hydrogen (secondary N) is 1. The van der Waals surface area contributed by atoms with Gasteiger partial charge in [0.25, 0.3) is 0 Å². The van der Waals surface area contributed by atoms with E-state index in [0.717, 1.165) is 11.3 Å². The molecule has 0 spiro atoms. The van der Waals surface area contributed by atoms with Crippen molar-refractivity contribution >= 4 is 5.91 Å². The van der Waals surface area contributed by atoms with Crippen molar-refractivity contribution in [1.82, 2.24) is 10.3 Å². The van der Waals surface area contributed by atoms with Crippen LogP contribution >= 0.6 is 0 Å². The average molecular weight is 264 g/mol. The molecule has 1 aromatic heterocycles. The van der Waals surface area contributed by atoms with Gasteiger partial charge >= 0.3 is 0 Å². The van der Waals surface area contributed by atoms with Gasteiger partial charge < -0.3 is 10.4 Å². The van der Waals surface area contributed by atoms with E-state index in [2.05, 4.69) is 31.1 Å². The normalized spacial score (nSPS) is 13.1. The maximum atomic E-state index is 11.8. The van der Waals surface area contributed by atoms with Gasteiger partial charge in [-0.05, 0) is 30.4 Å². The van der Waals surface area contributed by atoms with Gasteiger partial charge in [0.1, 0.15) is 0 Å². The SMILES string of the molecule is Cc1cccnc1CC(=O)NCC(O)CC(C)(C)C. The third kappa shape index (κ3) is 6.34. The molecule has 0 aliphatic carbocycles. The number of pyridine rings is 1. The zero-order valence-electron chi connectivity index (χ0n) is 12.2. The second-order valence-electron chi connectivity index (χ2n) is 6.17. The first-order chi connectivity index (χ1) is 8.78. The zero-order valence-corrected chi connectivity index (χ0v) is 12.2. The monoisotopic (exact) mass is 264 g/mol. The van der Waals surface area contributed by atoms with Crippen molar-refractivity contribution in [2.45, 2.75) is 46.6 Å². The molecule has 2 N–H and O–H groups in total. The third-order valence-electron chi connectivity index (χ3n) is 2.83. The maximum Gasteiger partial charge on any atom is 0.226 e. The van der Waals surface area contributed by atoms with E-state index in [1.807, 2.05) is 19.1 Å². The fourth-order valence-electron chi connectivity index (χ4n) is 1.93. The molecule has 0 fully saturated rings. The van der Waals surface area contributed by atoms with E-state index in [0.29, 0.717) is 13.0 Å². The summed E-state index contributed by atoms with van der Waals surface area (Å²) in [5.41, 5.74) is 1.85. The summed E-state index contributed by atoms with van der Waals surface area (Å²) in [6, 6.07) is 3.79. The van der Waals surface area contributed by atoms with Gasteiger partial charge in [-0.1, -0.05) is 26.8 Å². The molecule has 1 amide bonds. The van der Waals surface area contributed by atoms with Gasteiger partial charge in [0.15, 0.2) is 0 Å². The lowest BCUT2D eigenvalue weighted by atomic mass is 9.89. The molecule has 0 radical (unpaired) electrons. The molecular formula is C15H24N2O2. The summed E-state index contributed by atoms with van der Waals surface area (Å²) >= 11 is 0. The number of rotatable bonds is 5. The standard InChI is InChI=1S/C15H24N2O2/c1-11-6-5-7-16-13(11)8-14(19)17-10-12(18)9-15(2,3)4/h5-7,12,18H,8-10H2,1-4H3,(H,17,19). The second kappa shape index (κ2) is 6.66. The van der Waals surface area contributed by atoms with Crippen molar-refractivity contribution in [3.63, 3.8) is 0 Å². The highest BCUT2D eigenvalue weighted by Gasteiger charge is 2.17. The highest BCUT2D eigenvalue weighted by atomic mass is 16.3. The van der Waals surface area contributed by atoms with E-state index >= 15 is 0 Å². The van der Waals surface area contributed by atoms with Crippen LogP contribution < -0.4 is 5.32 Å². The van der Waals surface area contributed by atoms with Crippen LogP contribution in [0.2, 0.25) is 0 Å². The molecule has 1 atom stereocenters. The van der Waals surface area contributed by atoms with Gasteiger partial charge in [-0.15, -0.1) is 0 Å². The first kappa shape index (κ1) is 15.6. The molecule has 4 heteroatoms. The second-order valence-corrected chi connectivity index (χ2v) is 6.17. The van der Waals surface area contributed by atoms with E-state index in [4.69, 9.17) is 0 Å². The number of aromatic nitrogens is 1. The van der Waals surface area contributed by atoms with Crippen molar-refractivity contribution in [2.24, 2.45) is 5.41 Å². The Morgan fingerprint density at radius 2 is 2.16 bits per heavy atom. The molecule has 0 aliphatic rings. The average Bonchev–Trinajstić information content (AvgIpc) is 2.27. The van der Waals surface area contributed by atoms with Gasteiger partial charge in [-0.25, -0.2) is 0 Å². The van der Waals surface area contributed by atoms with Gasteiger partial charge in [-0.2, -0.15) is 0 Å². The molecule has 0 saturated heterocycles. The molecule has 1 rings (SSSR count). The van der Waals surface area contributed by atoms with Crippen LogP contribution in [0.4, 0.5) is 0 Å². The van der Waals surface area contributed by atoms with Crippen molar-refractivity contribution in [3.8, 4) is 0 Å². The molecule has 106 valence electrons. The van der Waals surface area contributed by atoms with E-state index in [-0.39, 0.29) is 17.7 Å². The first-order valence-corrected chi connectivity index (χ1v) is 6.63. The molecule has 1 unspecified atom stereocenters. The largest absolute Gasteiger partial charge is 0.391 e. The number of aliphatic hydroxyl groups excluding tert-OH is 1. The highest BCUT2D eigenvalue weighted by molar-refractivity contribution is 5.78. The molecule has 0 aliphatic heterocycles. The van der Waals surface area contributed by atoms with Gasteiger partial charge in [-0.3, -0.25) is 9.78 Å². The fourth-order valence-corrected chi connectivity index (χ4v) is 1.93. The Bertz CT molecular complexity index is 424. The Morgan fingerprint density at radius 1 is 1.47 bits per heavy atom. The quantitative estimate of drug-likeness (QED) is 0.853. The zero-order chi connectivity index (χ0) is 14.5. The van der Waals surface area contributed by atoms with Crippen LogP contribution in [0, 0.1) is 12.3 Å². The summed E-state index contributed by atoms with van der Waals surface area (Å²) in [5.74, 6) is -0.102. The Labute approximate surface area is 115 Å². The molecule has 0 saturated carbocycles. The van der Waals surface area contributed by atoms with Crippen molar-refractivity contribution in [1.29, 1.82) is 0 Å². The number of carbonyl (C=O) groups excluding carboxylic acids is 1. The summed E-state index contributed by atoms with van der Waals surface area (Å²) in [4.78, 5) is 16.0. The van der Waals surface area contributed by atoms with Crippen LogP contribution in [0.25, 0.3) is 0 Å². The van der Waals surface area contributed by atoms with Crippen molar-refractivity contribution in [3.05, 3.63) is 29.6 Å². The molecule has 1 aromatic rings. The predicted molar refractivity (Wildman–Crippen MR) is 75.8 cm³/mol. The summed E-state index contributed by atoms with van der Waals surface area (Å²) in [6.45, 7) is 8.42. The minimum atomic E-state index is -0.506. The summed E-state index contributed by atoms with van der Waals surface area (Å²) < 4.78 is 0. The van der Waals surface area contributed by atoms with Crippen LogP contribution in [0.5, 0.6) is 0 Å². The van der Waals surface area contributed by atoms with Crippen LogP contribution in [0.3, 0.4) is 0 Å². The summed E-state index contributed by atoms with van der Waals surface area (Å²) in [7, 11) is 0. The van der Waals surface area contributed by atoms with Gasteiger partial charge in [0, 0.05) is 12.7 Å². The van der Waals surface area contributed by atoms with Crippen molar-refractivity contribution in [2.75, 3.05) is 6.54 Å². The number of aliphatic hydroxyl groups is 1. The van der Waals surface area contributed by atoms with E-state index < -0.39 is 6.10 Å². The van der Waals surface area contributed by atoms with E-state index in [1.165, 1.54) is 0 Å². The summed E-state index contributed by atoms with van der Waals surface area (Å²) in [5, 5.41) is 12.6. The van der Waals surface area contributed by atoms with E-state index in [1.54, 1.807) is 6.20 Å². The van der Waals surface area contributed by atoms with Gasteiger partial charge in [0.05, 0.1) is 18.2 Å². The Morgan fingerprint density at radius 3 is 2.74 bits per heavy atom. The smallest absolute Gasteiger partial charge is 0.226 e. The lowest BCUT2D eigenvalue weighted by Gasteiger charge is -2.22. The van der Waals surface area contributed by atoms with Crippen molar-refractivity contribution < 1.29 is 9.90 Å². The lowest BCUT2D eigenvalue weighted by molar-refractivity contribution is -0.121. The molecule has 4 nitrogen and oxygen atoms in total. The van der Waals surface area contributed by atoms with Crippen LogP contribution in [0.1, 0.15) is 38.4 Å². The Kier molecular flexibility index (Phi) is 5.48. The fraction of sp³-hybridized carbons (Fsp3) is 0.600. The molecular weight excluding hydrogens is 240 g/mol. The maximum absolute atomic E-state index is 11.8.